The quantitative estimate of drug-likeness (QED) is 0.482. The first kappa shape index (κ1) is 24.6. The van der Waals surface area contributed by atoms with E-state index in [1.54, 1.807) is 0 Å². The van der Waals surface area contributed by atoms with Crippen LogP contribution in [-0.2, 0) is 9.59 Å². The van der Waals surface area contributed by atoms with Crippen LogP contribution in [0.5, 0.6) is 5.75 Å². The predicted octanol–water partition coefficient (Wildman–Crippen LogP) is 4.38. The van der Waals surface area contributed by atoms with Crippen molar-refractivity contribution in [3.63, 3.8) is 0 Å². The number of ether oxygens (including phenoxy) is 1. The third-order valence-corrected chi connectivity index (χ3v) is 6.84. The molecular formula is C26H41N3O3. The number of carbonyl (C=O) groups excluding carboxylic acids is 2. The average Bonchev–Trinajstić information content (AvgIpc) is 3.22. The van der Waals surface area contributed by atoms with Gasteiger partial charge in [0.15, 0.2) is 5.75 Å². The molecule has 0 N–H and O–H groups in total. The van der Waals surface area contributed by atoms with Crippen LogP contribution in [0.15, 0.2) is 12.1 Å². The molecule has 0 aliphatic carbocycles. The maximum atomic E-state index is 13.2. The maximum Gasteiger partial charge on any atom is 0.308 e. The van der Waals surface area contributed by atoms with Gasteiger partial charge in [-0.1, -0.05) is 27.7 Å². The maximum absolute atomic E-state index is 13.2. The molecule has 0 aromatic heterocycles. The van der Waals surface area contributed by atoms with Gasteiger partial charge in [-0.05, 0) is 68.3 Å². The summed E-state index contributed by atoms with van der Waals surface area (Å²) in [5.41, 5.74) is 3.48. The van der Waals surface area contributed by atoms with Crippen LogP contribution < -0.4 is 9.64 Å². The lowest BCUT2D eigenvalue weighted by molar-refractivity contribution is -0.137. The molecule has 0 unspecified atom stereocenters. The number of hydrogen-bond acceptors (Lipinski definition) is 5. The Hall–Kier alpha value is -2.08. The summed E-state index contributed by atoms with van der Waals surface area (Å²) in [6.45, 7) is 18.4. The van der Waals surface area contributed by atoms with Gasteiger partial charge in [0.05, 0.1) is 11.7 Å². The predicted molar refractivity (Wildman–Crippen MR) is 130 cm³/mol. The largest absolute Gasteiger partial charge is 0.424 e. The molecule has 3 rings (SSSR count). The third kappa shape index (κ3) is 5.28. The molecule has 6 heteroatoms. The molecular weight excluding hydrogens is 402 g/mol. The second-order valence-electron chi connectivity index (χ2n) is 10.2. The highest BCUT2D eigenvalue weighted by molar-refractivity contribution is 5.82. The van der Waals surface area contributed by atoms with Crippen molar-refractivity contribution in [1.29, 1.82) is 0 Å². The summed E-state index contributed by atoms with van der Waals surface area (Å²) in [5.74, 6) is 1.33. The lowest BCUT2D eigenvalue weighted by Gasteiger charge is -2.39. The van der Waals surface area contributed by atoms with E-state index in [2.05, 4.69) is 57.4 Å². The number of amides is 1. The van der Waals surface area contributed by atoms with E-state index in [1.807, 2.05) is 11.0 Å². The van der Waals surface area contributed by atoms with E-state index < -0.39 is 0 Å². The summed E-state index contributed by atoms with van der Waals surface area (Å²) in [4.78, 5) is 31.7. The van der Waals surface area contributed by atoms with Gasteiger partial charge in [-0.3, -0.25) is 14.5 Å². The lowest BCUT2D eigenvalue weighted by Crippen LogP contribution is -2.54. The van der Waals surface area contributed by atoms with Gasteiger partial charge < -0.3 is 14.5 Å². The second kappa shape index (κ2) is 10.2. The van der Waals surface area contributed by atoms with Crippen LogP contribution >= 0.6 is 0 Å². The third-order valence-electron chi connectivity index (χ3n) is 6.84. The number of likely N-dealkylation sites (tertiary alicyclic amines) is 1. The van der Waals surface area contributed by atoms with Crippen LogP contribution in [0, 0.1) is 0 Å². The smallest absolute Gasteiger partial charge is 0.308 e. The topological polar surface area (TPSA) is 53.1 Å². The Morgan fingerprint density at radius 3 is 2.03 bits per heavy atom. The summed E-state index contributed by atoms with van der Waals surface area (Å²) >= 11 is 0. The number of esters is 1. The van der Waals surface area contributed by atoms with Crippen LogP contribution in [-0.4, -0.2) is 66.5 Å². The van der Waals surface area contributed by atoms with Gasteiger partial charge >= 0.3 is 5.97 Å². The molecule has 32 heavy (non-hydrogen) atoms. The molecule has 2 heterocycles. The van der Waals surface area contributed by atoms with Crippen LogP contribution in [0.2, 0.25) is 0 Å². The minimum atomic E-state index is -0.304. The SMILES string of the molecule is CC(=O)Oc1cc(C(C)C)c(C(C)C)cc1N1CCN(C(=O)[C@@H]2CCCN2C(C)C)CC1. The van der Waals surface area contributed by atoms with E-state index >= 15 is 0 Å². The van der Waals surface area contributed by atoms with Gasteiger partial charge in [0.1, 0.15) is 0 Å². The molecule has 1 atom stereocenters. The molecule has 0 radical (unpaired) electrons. The number of piperazine rings is 1. The highest BCUT2D eigenvalue weighted by Crippen LogP contribution is 2.38. The van der Waals surface area contributed by atoms with Crippen LogP contribution in [0.25, 0.3) is 0 Å². The van der Waals surface area contributed by atoms with Gasteiger partial charge in [0.2, 0.25) is 5.91 Å². The number of benzene rings is 1. The molecule has 2 fully saturated rings. The highest BCUT2D eigenvalue weighted by Gasteiger charge is 2.36. The van der Waals surface area contributed by atoms with Crippen molar-refractivity contribution in [2.75, 3.05) is 37.6 Å². The van der Waals surface area contributed by atoms with E-state index in [0.29, 0.717) is 36.7 Å². The van der Waals surface area contributed by atoms with Crippen molar-refractivity contribution >= 4 is 17.6 Å². The van der Waals surface area contributed by atoms with Crippen molar-refractivity contribution in [1.82, 2.24) is 9.80 Å². The number of carbonyl (C=O) groups is 2. The van der Waals surface area contributed by atoms with Crippen molar-refractivity contribution < 1.29 is 14.3 Å². The summed E-state index contributed by atoms with van der Waals surface area (Å²) in [5, 5.41) is 0. The molecule has 2 saturated heterocycles. The van der Waals surface area contributed by atoms with E-state index in [9.17, 15) is 9.59 Å². The molecule has 1 aromatic carbocycles. The normalized spacial score (nSPS) is 20.0. The number of nitrogens with zero attached hydrogens (tertiary/aromatic N) is 3. The fourth-order valence-electron chi connectivity index (χ4n) is 5.13. The van der Waals surface area contributed by atoms with Crippen molar-refractivity contribution in [3.8, 4) is 5.75 Å². The Kier molecular flexibility index (Phi) is 7.86. The number of rotatable bonds is 6. The van der Waals surface area contributed by atoms with E-state index in [-0.39, 0.29) is 17.9 Å². The number of hydrogen-bond donors (Lipinski definition) is 0. The summed E-state index contributed by atoms with van der Waals surface area (Å²) in [6.07, 6.45) is 2.06. The van der Waals surface area contributed by atoms with Gasteiger partial charge in [0, 0.05) is 39.1 Å². The fourth-order valence-corrected chi connectivity index (χ4v) is 5.13. The molecule has 6 nitrogen and oxygen atoms in total. The Bertz CT molecular complexity index is 826. The molecule has 178 valence electrons. The molecule has 0 spiro atoms. The minimum absolute atomic E-state index is 0.0241. The summed E-state index contributed by atoms with van der Waals surface area (Å²) < 4.78 is 5.65. The van der Waals surface area contributed by atoms with E-state index in [0.717, 1.165) is 38.2 Å². The number of anilines is 1. The van der Waals surface area contributed by atoms with Gasteiger partial charge in [-0.25, -0.2) is 0 Å². The van der Waals surface area contributed by atoms with Crippen molar-refractivity contribution in [3.05, 3.63) is 23.3 Å². The second-order valence-corrected chi connectivity index (χ2v) is 10.2. The van der Waals surface area contributed by atoms with Crippen LogP contribution in [0.4, 0.5) is 5.69 Å². The fraction of sp³-hybridized carbons (Fsp3) is 0.692. The van der Waals surface area contributed by atoms with Gasteiger partial charge in [-0.2, -0.15) is 0 Å². The first-order chi connectivity index (χ1) is 15.1. The molecule has 0 bridgehead atoms. The van der Waals surface area contributed by atoms with Crippen LogP contribution in [0.3, 0.4) is 0 Å². The van der Waals surface area contributed by atoms with Gasteiger partial charge in [-0.15, -0.1) is 0 Å². The summed E-state index contributed by atoms with van der Waals surface area (Å²) in [6, 6.07) is 4.67. The Balaban J connectivity index is 1.80. The van der Waals surface area contributed by atoms with Crippen LogP contribution in [0.1, 0.15) is 84.3 Å². The summed E-state index contributed by atoms with van der Waals surface area (Å²) in [7, 11) is 0. The van der Waals surface area contributed by atoms with Gasteiger partial charge in [0.25, 0.3) is 0 Å². The first-order valence-electron chi connectivity index (χ1n) is 12.3. The van der Waals surface area contributed by atoms with E-state index in [4.69, 9.17) is 4.74 Å². The molecule has 1 aromatic rings. The average molecular weight is 444 g/mol. The van der Waals surface area contributed by atoms with Crippen molar-refractivity contribution in [2.24, 2.45) is 0 Å². The molecule has 2 aliphatic heterocycles. The zero-order valence-electron chi connectivity index (χ0n) is 21.0. The zero-order valence-corrected chi connectivity index (χ0v) is 21.0. The first-order valence-corrected chi connectivity index (χ1v) is 12.3. The molecule has 0 saturated carbocycles. The zero-order chi connectivity index (χ0) is 23.6. The monoisotopic (exact) mass is 443 g/mol. The minimum Gasteiger partial charge on any atom is -0.424 e. The molecule has 1 amide bonds. The lowest BCUT2D eigenvalue weighted by atomic mass is 9.89. The molecule has 2 aliphatic rings. The Morgan fingerprint density at radius 1 is 0.906 bits per heavy atom. The highest BCUT2D eigenvalue weighted by atomic mass is 16.5. The van der Waals surface area contributed by atoms with E-state index in [1.165, 1.54) is 18.1 Å². The Morgan fingerprint density at radius 2 is 1.50 bits per heavy atom. The van der Waals surface area contributed by atoms with Crippen molar-refractivity contribution in [2.45, 2.75) is 85.2 Å². The Labute approximate surface area is 193 Å². The standard InChI is InChI=1S/C26H41N3O3/c1-17(2)21-15-24(25(32-20(7)30)16-22(21)18(3)4)27-11-13-28(14-12-27)26(31)23-9-8-10-29(23)19(5)6/h15-19,23H,8-14H2,1-7H3/t23-/m0/s1.